The highest BCUT2D eigenvalue weighted by molar-refractivity contribution is 5.71. The van der Waals surface area contributed by atoms with Crippen LogP contribution in [0.1, 0.15) is 33.1 Å². The summed E-state index contributed by atoms with van der Waals surface area (Å²) in [6.07, 6.45) is 0.932. The van der Waals surface area contributed by atoms with Crippen LogP contribution < -0.4 is 0 Å². The Hall–Kier alpha value is -0.830. The van der Waals surface area contributed by atoms with E-state index >= 15 is 0 Å². The highest BCUT2D eigenvalue weighted by Gasteiger charge is 2.25. The zero-order valence-electron chi connectivity index (χ0n) is 8.29. The molecular formula is C10H18O3. The van der Waals surface area contributed by atoms with Crippen molar-refractivity contribution < 1.29 is 15.0 Å². The Morgan fingerprint density at radius 1 is 1.54 bits per heavy atom. The molecule has 2 atom stereocenters. The Bertz CT molecular complexity index is 187. The summed E-state index contributed by atoms with van der Waals surface area (Å²) in [7, 11) is 0. The first-order valence-corrected chi connectivity index (χ1v) is 4.54. The lowest BCUT2D eigenvalue weighted by Gasteiger charge is -2.18. The van der Waals surface area contributed by atoms with Crippen LogP contribution in [0.5, 0.6) is 0 Å². The van der Waals surface area contributed by atoms with Gasteiger partial charge in [0.1, 0.15) is 0 Å². The van der Waals surface area contributed by atoms with E-state index in [4.69, 9.17) is 5.11 Å². The van der Waals surface area contributed by atoms with Crippen LogP contribution in [0.2, 0.25) is 0 Å². The minimum absolute atomic E-state index is 0.358. The largest absolute Gasteiger partial charge is 0.481 e. The van der Waals surface area contributed by atoms with Gasteiger partial charge >= 0.3 is 5.97 Å². The Labute approximate surface area is 79.1 Å². The van der Waals surface area contributed by atoms with Crippen LogP contribution in [0.3, 0.4) is 0 Å². The molecule has 0 saturated carbocycles. The number of carboxylic acids is 1. The van der Waals surface area contributed by atoms with E-state index in [-0.39, 0.29) is 0 Å². The quantitative estimate of drug-likeness (QED) is 0.622. The third-order valence-corrected chi connectivity index (χ3v) is 1.93. The van der Waals surface area contributed by atoms with Crippen molar-refractivity contribution in [2.75, 3.05) is 0 Å². The van der Waals surface area contributed by atoms with E-state index in [9.17, 15) is 9.90 Å². The number of carboxylic acid groups (broad SMARTS) is 1. The molecule has 76 valence electrons. The molecule has 0 radical (unpaired) electrons. The maximum Gasteiger partial charge on any atom is 0.309 e. The van der Waals surface area contributed by atoms with Gasteiger partial charge in [-0.15, -0.1) is 6.58 Å². The van der Waals surface area contributed by atoms with E-state index in [0.29, 0.717) is 12.8 Å². The van der Waals surface area contributed by atoms with Crippen LogP contribution in [0.4, 0.5) is 0 Å². The van der Waals surface area contributed by atoms with Gasteiger partial charge in [-0.05, 0) is 19.8 Å². The number of hydrogen-bond donors (Lipinski definition) is 2. The van der Waals surface area contributed by atoms with Crippen LogP contribution in [0.25, 0.3) is 0 Å². The second-order valence-corrected chi connectivity index (χ2v) is 3.46. The number of aliphatic hydroxyl groups is 1. The Morgan fingerprint density at radius 2 is 2.08 bits per heavy atom. The molecule has 0 aliphatic rings. The van der Waals surface area contributed by atoms with Crippen LogP contribution in [-0.4, -0.2) is 22.3 Å². The zero-order valence-corrected chi connectivity index (χ0v) is 8.29. The number of aliphatic hydroxyl groups excluding tert-OH is 1. The van der Waals surface area contributed by atoms with Crippen molar-refractivity contribution in [2.45, 2.75) is 39.2 Å². The van der Waals surface area contributed by atoms with Gasteiger partial charge in [-0.25, -0.2) is 0 Å². The Morgan fingerprint density at radius 3 is 2.38 bits per heavy atom. The smallest absolute Gasteiger partial charge is 0.309 e. The van der Waals surface area contributed by atoms with Crippen LogP contribution in [0, 0.1) is 5.92 Å². The van der Waals surface area contributed by atoms with Gasteiger partial charge in [0.25, 0.3) is 0 Å². The van der Waals surface area contributed by atoms with Gasteiger partial charge in [0.05, 0.1) is 12.0 Å². The van der Waals surface area contributed by atoms with E-state index in [1.54, 1.807) is 6.92 Å². The highest BCUT2D eigenvalue weighted by atomic mass is 16.4. The second-order valence-electron chi connectivity index (χ2n) is 3.46. The molecule has 13 heavy (non-hydrogen) atoms. The molecule has 0 saturated heterocycles. The molecule has 0 aromatic carbocycles. The molecule has 0 aliphatic heterocycles. The summed E-state index contributed by atoms with van der Waals surface area (Å²) >= 11 is 0. The third kappa shape index (κ3) is 4.68. The molecule has 0 rings (SSSR count). The Balaban J connectivity index is 4.23. The summed E-state index contributed by atoms with van der Waals surface area (Å²) in [5, 5.41) is 18.3. The number of hydrogen-bond acceptors (Lipinski definition) is 2. The van der Waals surface area contributed by atoms with E-state index in [1.165, 1.54) is 0 Å². The summed E-state index contributed by atoms with van der Waals surface area (Å²) in [5.74, 6) is -1.64. The fourth-order valence-electron chi connectivity index (χ4n) is 1.26. The highest BCUT2D eigenvalue weighted by Crippen LogP contribution is 2.17. The first-order valence-electron chi connectivity index (χ1n) is 4.54. The summed E-state index contributed by atoms with van der Waals surface area (Å²) in [5.41, 5.74) is 0.794. The molecule has 0 spiro atoms. The fraction of sp³-hybridized carbons (Fsp3) is 0.700. The third-order valence-electron chi connectivity index (χ3n) is 1.93. The van der Waals surface area contributed by atoms with Crippen molar-refractivity contribution in [3.63, 3.8) is 0 Å². The molecule has 0 amide bonds. The van der Waals surface area contributed by atoms with Crippen LogP contribution >= 0.6 is 0 Å². The predicted octanol–water partition coefficient (Wildman–Crippen LogP) is 1.81. The normalized spacial score (nSPS) is 15.0. The molecular weight excluding hydrogens is 168 g/mol. The average Bonchev–Trinajstić information content (AvgIpc) is 1.99. The summed E-state index contributed by atoms with van der Waals surface area (Å²) in [4.78, 5) is 10.8. The van der Waals surface area contributed by atoms with Gasteiger partial charge in [-0.1, -0.05) is 18.9 Å². The van der Waals surface area contributed by atoms with Gasteiger partial charge in [-0.3, -0.25) is 4.79 Å². The van der Waals surface area contributed by atoms with Gasteiger partial charge in [0.2, 0.25) is 0 Å². The molecule has 0 heterocycles. The summed E-state index contributed by atoms with van der Waals surface area (Å²) < 4.78 is 0. The standard InChI is InChI=1S/C10H18O3/c1-4-5-9(11)8(10(12)13)6-7(2)3/h8-9,11H,2,4-6H2,1,3H3,(H,12,13)/t8-,9-/m1/s1. The van der Waals surface area contributed by atoms with Gasteiger partial charge < -0.3 is 10.2 Å². The topological polar surface area (TPSA) is 57.5 Å². The summed E-state index contributed by atoms with van der Waals surface area (Å²) in [6.45, 7) is 7.34. The van der Waals surface area contributed by atoms with E-state index < -0.39 is 18.0 Å². The zero-order chi connectivity index (χ0) is 10.4. The molecule has 2 N–H and O–H groups in total. The number of aliphatic carboxylic acids is 1. The van der Waals surface area contributed by atoms with Crippen molar-refractivity contribution in [1.82, 2.24) is 0 Å². The average molecular weight is 186 g/mol. The minimum Gasteiger partial charge on any atom is -0.481 e. The van der Waals surface area contributed by atoms with Crippen LogP contribution in [-0.2, 0) is 4.79 Å². The molecule has 0 fully saturated rings. The molecule has 0 bridgehead atoms. The summed E-state index contributed by atoms with van der Waals surface area (Å²) in [6, 6.07) is 0. The van der Waals surface area contributed by atoms with Crippen LogP contribution in [0.15, 0.2) is 12.2 Å². The Kier molecular flexibility index (Phi) is 5.39. The van der Waals surface area contributed by atoms with Gasteiger partial charge in [0.15, 0.2) is 0 Å². The van der Waals surface area contributed by atoms with E-state index in [2.05, 4.69) is 6.58 Å². The lowest BCUT2D eigenvalue weighted by atomic mass is 9.93. The minimum atomic E-state index is -0.941. The maximum absolute atomic E-state index is 10.8. The first-order chi connectivity index (χ1) is 5.99. The first kappa shape index (κ1) is 12.2. The molecule has 3 nitrogen and oxygen atoms in total. The maximum atomic E-state index is 10.8. The monoisotopic (exact) mass is 186 g/mol. The number of carbonyl (C=O) groups is 1. The van der Waals surface area contributed by atoms with Gasteiger partial charge in [0, 0.05) is 0 Å². The van der Waals surface area contributed by atoms with Crippen molar-refractivity contribution >= 4 is 5.97 Å². The fourth-order valence-corrected chi connectivity index (χ4v) is 1.26. The van der Waals surface area contributed by atoms with Crippen molar-refractivity contribution in [2.24, 2.45) is 5.92 Å². The van der Waals surface area contributed by atoms with Crippen molar-refractivity contribution in [3.8, 4) is 0 Å². The lowest BCUT2D eigenvalue weighted by Crippen LogP contribution is -2.28. The van der Waals surface area contributed by atoms with Gasteiger partial charge in [-0.2, -0.15) is 0 Å². The predicted molar refractivity (Wildman–Crippen MR) is 51.5 cm³/mol. The molecule has 3 heteroatoms. The molecule has 0 unspecified atom stereocenters. The van der Waals surface area contributed by atoms with E-state index in [0.717, 1.165) is 12.0 Å². The van der Waals surface area contributed by atoms with Crippen molar-refractivity contribution in [1.29, 1.82) is 0 Å². The lowest BCUT2D eigenvalue weighted by molar-refractivity contribution is -0.145. The number of rotatable bonds is 6. The SMILES string of the molecule is C=C(C)C[C@@H](C(=O)O)[C@H](O)CCC. The second kappa shape index (κ2) is 5.75. The van der Waals surface area contributed by atoms with E-state index in [1.807, 2.05) is 6.92 Å². The molecule has 0 aromatic rings. The van der Waals surface area contributed by atoms with Crippen molar-refractivity contribution in [3.05, 3.63) is 12.2 Å². The number of allylic oxidation sites excluding steroid dienone is 1. The molecule has 0 aliphatic carbocycles. The molecule has 0 aromatic heterocycles.